The number of nitro benzene ring substituents is 1. The number of nitrogens with zero attached hydrogens (tertiary/aromatic N) is 2. The summed E-state index contributed by atoms with van der Waals surface area (Å²) >= 11 is 0. The van der Waals surface area contributed by atoms with Crippen molar-refractivity contribution < 1.29 is 23.3 Å². The fourth-order valence-corrected chi connectivity index (χ4v) is 2.33. The van der Waals surface area contributed by atoms with E-state index in [1.165, 1.54) is 30.3 Å². The van der Waals surface area contributed by atoms with Gasteiger partial charge in [-0.1, -0.05) is 11.2 Å². The van der Waals surface area contributed by atoms with Crippen LogP contribution >= 0.6 is 0 Å². The predicted octanol–water partition coefficient (Wildman–Crippen LogP) is 3.69. The van der Waals surface area contributed by atoms with Crippen LogP contribution in [0, 0.1) is 21.7 Å². The number of non-ortho nitro benzene ring substituents is 1. The average Bonchev–Trinajstić information content (AvgIpc) is 2.98. The zero-order valence-electron chi connectivity index (χ0n) is 12.1. The Bertz CT molecular complexity index is 887. The van der Waals surface area contributed by atoms with Crippen LogP contribution in [0.4, 0.5) is 14.5 Å². The van der Waals surface area contributed by atoms with E-state index in [1.807, 2.05) is 0 Å². The highest BCUT2D eigenvalue weighted by molar-refractivity contribution is 5.73. The number of aliphatic hydroxyl groups excluding tert-OH is 1. The Kier molecular flexibility index (Phi) is 4.05. The molecule has 1 heterocycles. The second kappa shape index (κ2) is 6.17. The minimum absolute atomic E-state index is 0.0906. The summed E-state index contributed by atoms with van der Waals surface area (Å²) in [6.45, 7) is -0.571. The Hall–Kier alpha value is -3.13. The molecule has 3 rings (SSSR count). The van der Waals surface area contributed by atoms with E-state index in [1.54, 1.807) is 0 Å². The molecule has 0 fully saturated rings. The third kappa shape index (κ3) is 2.63. The monoisotopic (exact) mass is 332 g/mol. The van der Waals surface area contributed by atoms with Crippen LogP contribution in [0.5, 0.6) is 0 Å². The number of hydrogen-bond donors (Lipinski definition) is 1. The predicted molar refractivity (Wildman–Crippen MR) is 79.9 cm³/mol. The molecule has 0 radical (unpaired) electrons. The molecule has 0 aliphatic rings. The molecule has 0 bridgehead atoms. The largest absolute Gasteiger partial charge is 0.391 e. The van der Waals surface area contributed by atoms with Gasteiger partial charge in [0.2, 0.25) is 0 Å². The van der Waals surface area contributed by atoms with Crippen molar-refractivity contribution in [3.05, 3.63) is 69.8 Å². The van der Waals surface area contributed by atoms with Crippen molar-refractivity contribution in [2.45, 2.75) is 6.61 Å². The summed E-state index contributed by atoms with van der Waals surface area (Å²) in [5, 5.41) is 24.0. The Balaban J connectivity index is 2.12. The lowest BCUT2D eigenvalue weighted by Crippen LogP contribution is -1.94. The smallest absolute Gasteiger partial charge is 0.269 e. The number of aromatic nitrogens is 1. The minimum atomic E-state index is -0.851. The molecular weight excluding hydrogens is 322 g/mol. The van der Waals surface area contributed by atoms with Gasteiger partial charge in [-0.05, 0) is 24.3 Å². The number of benzene rings is 2. The van der Waals surface area contributed by atoms with E-state index in [0.29, 0.717) is 5.56 Å². The molecule has 0 atom stereocenters. The van der Waals surface area contributed by atoms with Gasteiger partial charge in [0.15, 0.2) is 5.76 Å². The van der Waals surface area contributed by atoms with E-state index in [9.17, 15) is 24.0 Å². The normalized spacial score (nSPS) is 10.8. The molecule has 122 valence electrons. The van der Waals surface area contributed by atoms with Crippen LogP contribution < -0.4 is 0 Å². The topological polar surface area (TPSA) is 89.4 Å². The Labute approximate surface area is 134 Å². The van der Waals surface area contributed by atoms with Crippen LogP contribution in [0.15, 0.2) is 47.0 Å². The molecule has 1 N–H and O–H groups in total. The summed E-state index contributed by atoms with van der Waals surface area (Å²) in [5.41, 5.74) is 0.115. The molecule has 24 heavy (non-hydrogen) atoms. The highest BCUT2D eigenvalue weighted by Crippen LogP contribution is 2.35. The molecule has 0 amide bonds. The summed E-state index contributed by atoms with van der Waals surface area (Å²) < 4.78 is 32.9. The van der Waals surface area contributed by atoms with Gasteiger partial charge >= 0.3 is 0 Å². The van der Waals surface area contributed by atoms with Crippen LogP contribution in [0.25, 0.3) is 22.6 Å². The molecule has 0 aliphatic carbocycles. The Morgan fingerprint density at radius 3 is 2.29 bits per heavy atom. The van der Waals surface area contributed by atoms with Crippen molar-refractivity contribution in [1.29, 1.82) is 0 Å². The maximum absolute atomic E-state index is 13.9. The zero-order valence-corrected chi connectivity index (χ0v) is 12.1. The standard InChI is InChI=1S/C16H10F2N2O4/c17-12-2-1-3-13(18)14(12)16-11(8-21)15(19-24-16)9-4-6-10(7-5-9)20(22)23/h1-7,21H,8H2. The molecule has 3 aromatic rings. The second-order valence-electron chi connectivity index (χ2n) is 4.90. The number of rotatable bonds is 4. The molecule has 0 spiro atoms. The average molecular weight is 332 g/mol. The first-order chi connectivity index (χ1) is 11.5. The highest BCUT2D eigenvalue weighted by atomic mass is 19.1. The number of aliphatic hydroxyl groups is 1. The van der Waals surface area contributed by atoms with Crippen LogP contribution in [0.1, 0.15) is 5.56 Å². The van der Waals surface area contributed by atoms with Crippen molar-refractivity contribution >= 4 is 5.69 Å². The third-order valence-corrected chi connectivity index (χ3v) is 3.49. The van der Waals surface area contributed by atoms with Gasteiger partial charge in [0.1, 0.15) is 17.3 Å². The molecule has 6 nitrogen and oxygen atoms in total. The molecule has 8 heteroatoms. The fraction of sp³-hybridized carbons (Fsp3) is 0.0625. The van der Waals surface area contributed by atoms with Crippen molar-refractivity contribution in [3.63, 3.8) is 0 Å². The van der Waals surface area contributed by atoms with E-state index in [-0.39, 0.29) is 22.7 Å². The number of nitro groups is 1. The lowest BCUT2D eigenvalue weighted by atomic mass is 10.0. The van der Waals surface area contributed by atoms with E-state index < -0.39 is 28.7 Å². The zero-order chi connectivity index (χ0) is 17.3. The van der Waals surface area contributed by atoms with Crippen molar-refractivity contribution in [2.24, 2.45) is 0 Å². The summed E-state index contributed by atoms with van der Waals surface area (Å²) in [4.78, 5) is 10.1. The summed E-state index contributed by atoms with van der Waals surface area (Å²) in [6, 6.07) is 8.68. The SMILES string of the molecule is O=[N+]([O-])c1ccc(-c2noc(-c3c(F)cccc3F)c2CO)cc1. The minimum Gasteiger partial charge on any atom is -0.391 e. The lowest BCUT2D eigenvalue weighted by molar-refractivity contribution is -0.384. The van der Waals surface area contributed by atoms with E-state index in [4.69, 9.17) is 4.52 Å². The van der Waals surface area contributed by atoms with Gasteiger partial charge in [0.05, 0.1) is 22.7 Å². The fourth-order valence-electron chi connectivity index (χ4n) is 2.33. The maximum atomic E-state index is 13.9. The Morgan fingerprint density at radius 1 is 1.12 bits per heavy atom. The Morgan fingerprint density at radius 2 is 1.75 bits per heavy atom. The molecule has 0 unspecified atom stereocenters. The second-order valence-corrected chi connectivity index (χ2v) is 4.90. The van der Waals surface area contributed by atoms with Gasteiger partial charge in [-0.3, -0.25) is 10.1 Å². The third-order valence-electron chi connectivity index (χ3n) is 3.49. The van der Waals surface area contributed by atoms with Crippen LogP contribution in [-0.4, -0.2) is 15.2 Å². The van der Waals surface area contributed by atoms with E-state index in [2.05, 4.69) is 5.16 Å². The summed E-state index contributed by atoms with van der Waals surface area (Å²) in [5.74, 6) is -1.92. The summed E-state index contributed by atoms with van der Waals surface area (Å²) in [6.07, 6.45) is 0. The van der Waals surface area contributed by atoms with Crippen LogP contribution in [0.2, 0.25) is 0 Å². The molecular formula is C16H10F2N2O4. The number of hydrogen-bond acceptors (Lipinski definition) is 5. The molecule has 2 aromatic carbocycles. The number of halogens is 2. The molecule has 0 saturated carbocycles. The summed E-state index contributed by atoms with van der Waals surface area (Å²) in [7, 11) is 0. The first kappa shape index (κ1) is 15.8. The first-order valence-electron chi connectivity index (χ1n) is 6.81. The van der Waals surface area contributed by atoms with Crippen LogP contribution in [-0.2, 0) is 6.61 Å². The van der Waals surface area contributed by atoms with Gasteiger partial charge in [0.25, 0.3) is 5.69 Å². The van der Waals surface area contributed by atoms with E-state index in [0.717, 1.165) is 12.1 Å². The quantitative estimate of drug-likeness (QED) is 0.581. The lowest BCUT2D eigenvalue weighted by Gasteiger charge is -2.03. The van der Waals surface area contributed by atoms with Gasteiger partial charge in [-0.25, -0.2) is 8.78 Å². The highest BCUT2D eigenvalue weighted by Gasteiger charge is 2.23. The van der Waals surface area contributed by atoms with Gasteiger partial charge in [0, 0.05) is 17.7 Å². The van der Waals surface area contributed by atoms with Gasteiger partial charge in [-0.2, -0.15) is 0 Å². The van der Waals surface area contributed by atoms with Crippen molar-refractivity contribution in [2.75, 3.05) is 0 Å². The molecule has 0 aliphatic heterocycles. The van der Waals surface area contributed by atoms with E-state index >= 15 is 0 Å². The first-order valence-corrected chi connectivity index (χ1v) is 6.81. The van der Waals surface area contributed by atoms with Crippen molar-refractivity contribution in [1.82, 2.24) is 5.16 Å². The van der Waals surface area contributed by atoms with Crippen LogP contribution in [0.3, 0.4) is 0 Å². The van der Waals surface area contributed by atoms with Crippen molar-refractivity contribution in [3.8, 4) is 22.6 Å². The maximum Gasteiger partial charge on any atom is 0.269 e. The molecule has 0 saturated heterocycles. The van der Waals surface area contributed by atoms with Gasteiger partial charge < -0.3 is 9.63 Å². The molecule has 1 aromatic heterocycles. The van der Waals surface area contributed by atoms with Gasteiger partial charge in [-0.15, -0.1) is 0 Å².